The van der Waals surface area contributed by atoms with Gasteiger partial charge in [-0.15, -0.1) is 0 Å². The van der Waals surface area contributed by atoms with E-state index in [0.717, 1.165) is 38.6 Å². The van der Waals surface area contributed by atoms with E-state index in [0.29, 0.717) is 6.54 Å². The average molecular weight is 263 g/mol. The lowest BCUT2D eigenvalue weighted by atomic mass is 9.96. The van der Waals surface area contributed by atoms with Gasteiger partial charge in [-0.05, 0) is 32.9 Å². The quantitative estimate of drug-likeness (QED) is 0.665. The van der Waals surface area contributed by atoms with Gasteiger partial charge < -0.3 is 5.32 Å². The molecule has 1 rings (SSSR count). The van der Waals surface area contributed by atoms with Gasteiger partial charge in [0.25, 0.3) is 10.2 Å². The average Bonchev–Trinajstić information content (AvgIpc) is 2.30. The number of hydrogen-bond donors (Lipinski definition) is 2. The molecule has 0 heterocycles. The first-order chi connectivity index (χ1) is 8.06. The minimum atomic E-state index is -3.28. The third-order valence-corrected chi connectivity index (χ3v) is 4.87. The SMILES string of the molecule is CNCCCN(C)S(=O)(=O)NC1CCCCC1. The summed E-state index contributed by atoms with van der Waals surface area (Å²) in [6.07, 6.45) is 6.29. The Kier molecular flexibility index (Phi) is 6.40. The second-order valence-corrected chi connectivity index (χ2v) is 6.55. The molecule has 0 bridgehead atoms. The fraction of sp³-hybridized carbons (Fsp3) is 1.00. The summed E-state index contributed by atoms with van der Waals surface area (Å²) in [7, 11) is 0.225. The van der Waals surface area contributed by atoms with Crippen LogP contribution in [0.1, 0.15) is 38.5 Å². The second kappa shape index (κ2) is 7.31. The lowest BCUT2D eigenvalue weighted by molar-refractivity contribution is 0.389. The van der Waals surface area contributed by atoms with E-state index < -0.39 is 10.2 Å². The van der Waals surface area contributed by atoms with Crippen molar-refractivity contribution >= 4 is 10.2 Å². The largest absolute Gasteiger partial charge is 0.320 e. The Hall–Kier alpha value is -0.170. The first-order valence-corrected chi connectivity index (χ1v) is 7.88. The molecule has 0 aromatic carbocycles. The summed E-state index contributed by atoms with van der Waals surface area (Å²) in [4.78, 5) is 0. The van der Waals surface area contributed by atoms with Gasteiger partial charge in [0.2, 0.25) is 0 Å². The maximum Gasteiger partial charge on any atom is 0.279 e. The van der Waals surface area contributed by atoms with Crippen molar-refractivity contribution in [2.75, 3.05) is 27.2 Å². The minimum Gasteiger partial charge on any atom is -0.320 e. The van der Waals surface area contributed by atoms with Crippen LogP contribution in [0.4, 0.5) is 0 Å². The third-order valence-electron chi connectivity index (χ3n) is 3.23. The Morgan fingerprint density at radius 1 is 1.24 bits per heavy atom. The third kappa shape index (κ3) is 5.33. The normalized spacial score (nSPS) is 18.8. The van der Waals surface area contributed by atoms with Gasteiger partial charge in [-0.1, -0.05) is 19.3 Å². The van der Waals surface area contributed by atoms with Crippen LogP contribution in [-0.4, -0.2) is 45.9 Å². The molecule has 0 aliphatic heterocycles. The van der Waals surface area contributed by atoms with E-state index in [-0.39, 0.29) is 6.04 Å². The highest BCUT2D eigenvalue weighted by Crippen LogP contribution is 2.18. The summed E-state index contributed by atoms with van der Waals surface area (Å²) in [6, 6.07) is 0.139. The molecule has 0 atom stereocenters. The van der Waals surface area contributed by atoms with E-state index >= 15 is 0 Å². The van der Waals surface area contributed by atoms with Crippen LogP contribution in [0.25, 0.3) is 0 Å². The first-order valence-electron chi connectivity index (χ1n) is 6.44. The van der Waals surface area contributed by atoms with E-state index in [1.165, 1.54) is 10.7 Å². The molecular formula is C11H25N3O2S. The van der Waals surface area contributed by atoms with Crippen molar-refractivity contribution in [3.63, 3.8) is 0 Å². The zero-order valence-electron chi connectivity index (χ0n) is 10.9. The fourth-order valence-electron chi connectivity index (χ4n) is 2.12. The highest BCUT2D eigenvalue weighted by atomic mass is 32.2. The van der Waals surface area contributed by atoms with E-state index in [1.807, 2.05) is 7.05 Å². The summed E-state index contributed by atoms with van der Waals surface area (Å²) in [5.74, 6) is 0. The van der Waals surface area contributed by atoms with Crippen LogP contribution in [-0.2, 0) is 10.2 Å². The van der Waals surface area contributed by atoms with Gasteiger partial charge in [0.05, 0.1) is 0 Å². The Bertz CT molecular complexity index is 300. The lowest BCUT2D eigenvalue weighted by Gasteiger charge is -2.25. The zero-order chi connectivity index (χ0) is 12.7. The van der Waals surface area contributed by atoms with Gasteiger partial charge >= 0.3 is 0 Å². The molecule has 2 N–H and O–H groups in total. The molecule has 0 aromatic rings. The number of rotatable bonds is 7. The molecule has 1 aliphatic rings. The zero-order valence-corrected chi connectivity index (χ0v) is 11.7. The van der Waals surface area contributed by atoms with Gasteiger partial charge in [0.1, 0.15) is 0 Å². The smallest absolute Gasteiger partial charge is 0.279 e. The first kappa shape index (κ1) is 14.9. The summed E-state index contributed by atoms with van der Waals surface area (Å²) < 4.78 is 28.2. The van der Waals surface area contributed by atoms with Gasteiger partial charge in [-0.3, -0.25) is 0 Å². The Labute approximate surface area is 105 Å². The van der Waals surface area contributed by atoms with Gasteiger partial charge in [-0.25, -0.2) is 0 Å². The predicted octanol–water partition coefficient (Wildman–Crippen LogP) is 0.695. The van der Waals surface area contributed by atoms with Crippen molar-refractivity contribution in [3.05, 3.63) is 0 Å². The fourth-order valence-corrected chi connectivity index (χ4v) is 3.33. The van der Waals surface area contributed by atoms with Crippen LogP contribution in [0.15, 0.2) is 0 Å². The molecule has 0 spiro atoms. The van der Waals surface area contributed by atoms with Crippen molar-refractivity contribution in [1.82, 2.24) is 14.3 Å². The molecule has 1 saturated carbocycles. The van der Waals surface area contributed by atoms with Gasteiger partial charge in [0, 0.05) is 19.6 Å². The predicted molar refractivity (Wildman–Crippen MR) is 70.1 cm³/mol. The topological polar surface area (TPSA) is 61.4 Å². The summed E-state index contributed by atoms with van der Waals surface area (Å²) in [5, 5.41) is 3.01. The van der Waals surface area contributed by atoms with Crippen molar-refractivity contribution in [3.8, 4) is 0 Å². The van der Waals surface area contributed by atoms with Crippen molar-refractivity contribution in [2.45, 2.75) is 44.6 Å². The molecule has 0 saturated heterocycles. The number of nitrogens with zero attached hydrogens (tertiary/aromatic N) is 1. The summed E-state index contributed by atoms with van der Waals surface area (Å²) in [6.45, 7) is 1.40. The van der Waals surface area contributed by atoms with Crippen LogP contribution in [0.5, 0.6) is 0 Å². The molecule has 1 fully saturated rings. The van der Waals surface area contributed by atoms with Crippen LogP contribution >= 0.6 is 0 Å². The van der Waals surface area contributed by atoms with Crippen LogP contribution in [0.2, 0.25) is 0 Å². The second-order valence-electron chi connectivity index (χ2n) is 4.74. The van der Waals surface area contributed by atoms with E-state index in [2.05, 4.69) is 10.0 Å². The molecule has 0 unspecified atom stereocenters. The Balaban J connectivity index is 2.37. The van der Waals surface area contributed by atoms with E-state index in [4.69, 9.17) is 0 Å². The van der Waals surface area contributed by atoms with Crippen molar-refractivity contribution < 1.29 is 8.42 Å². The van der Waals surface area contributed by atoms with Crippen LogP contribution in [0.3, 0.4) is 0 Å². The molecule has 6 heteroatoms. The maximum atomic E-state index is 12.0. The highest BCUT2D eigenvalue weighted by Gasteiger charge is 2.23. The molecular weight excluding hydrogens is 238 g/mol. The molecule has 102 valence electrons. The summed E-state index contributed by atoms with van der Waals surface area (Å²) in [5.41, 5.74) is 0. The van der Waals surface area contributed by atoms with Crippen molar-refractivity contribution in [1.29, 1.82) is 0 Å². The molecule has 0 amide bonds. The number of nitrogens with one attached hydrogen (secondary N) is 2. The lowest BCUT2D eigenvalue weighted by Crippen LogP contribution is -2.44. The molecule has 0 radical (unpaired) electrons. The summed E-state index contributed by atoms with van der Waals surface area (Å²) >= 11 is 0. The molecule has 17 heavy (non-hydrogen) atoms. The van der Waals surface area contributed by atoms with Crippen LogP contribution in [0, 0.1) is 0 Å². The van der Waals surface area contributed by atoms with Gasteiger partial charge in [-0.2, -0.15) is 17.4 Å². The van der Waals surface area contributed by atoms with E-state index in [1.54, 1.807) is 7.05 Å². The minimum absolute atomic E-state index is 0.139. The highest BCUT2D eigenvalue weighted by molar-refractivity contribution is 7.87. The van der Waals surface area contributed by atoms with E-state index in [9.17, 15) is 8.42 Å². The maximum absolute atomic E-state index is 12.0. The Morgan fingerprint density at radius 3 is 2.47 bits per heavy atom. The standard InChI is InChI=1S/C11H25N3O2S/c1-12-9-6-10-14(2)17(15,16)13-11-7-4-3-5-8-11/h11-13H,3-10H2,1-2H3. The monoisotopic (exact) mass is 263 g/mol. The van der Waals surface area contributed by atoms with Crippen LogP contribution < -0.4 is 10.0 Å². The molecule has 5 nitrogen and oxygen atoms in total. The number of hydrogen-bond acceptors (Lipinski definition) is 3. The van der Waals surface area contributed by atoms with Crippen molar-refractivity contribution in [2.24, 2.45) is 0 Å². The van der Waals surface area contributed by atoms with Gasteiger partial charge in [0.15, 0.2) is 0 Å². The molecule has 1 aliphatic carbocycles. The Morgan fingerprint density at radius 2 is 1.88 bits per heavy atom. The molecule has 0 aromatic heterocycles.